The van der Waals surface area contributed by atoms with Crippen molar-refractivity contribution in [3.05, 3.63) is 78.0 Å². The zero-order valence-electron chi connectivity index (χ0n) is 14.0. The average molecular weight is 368 g/mol. The van der Waals surface area contributed by atoms with Gasteiger partial charge in [-0.1, -0.05) is 29.8 Å². The van der Waals surface area contributed by atoms with Crippen LogP contribution in [0.15, 0.2) is 67.4 Å². The van der Waals surface area contributed by atoms with Crippen molar-refractivity contribution in [2.24, 2.45) is 0 Å². The first kappa shape index (κ1) is 17.7. The van der Waals surface area contributed by atoms with E-state index in [0.29, 0.717) is 29.9 Å². The van der Waals surface area contributed by atoms with Gasteiger partial charge in [-0.2, -0.15) is 10.1 Å². The van der Waals surface area contributed by atoms with E-state index in [2.05, 4.69) is 32.4 Å². The smallest absolute Gasteiger partial charge is 0.244 e. The molecule has 0 aliphatic rings. The van der Waals surface area contributed by atoms with E-state index in [1.807, 2.05) is 48.5 Å². The van der Waals surface area contributed by atoms with Gasteiger partial charge in [-0.3, -0.25) is 0 Å². The Kier molecular flexibility index (Phi) is 6.01. The Morgan fingerprint density at radius 3 is 2.58 bits per heavy atom. The van der Waals surface area contributed by atoms with Gasteiger partial charge in [0.25, 0.3) is 0 Å². The summed E-state index contributed by atoms with van der Waals surface area (Å²) >= 11 is 5.88. The zero-order valence-corrected chi connectivity index (χ0v) is 14.8. The molecule has 0 radical (unpaired) electrons. The molecule has 0 aliphatic carbocycles. The Balaban J connectivity index is 1.57. The number of nitrogens with one attached hydrogen (secondary N) is 2. The standard InChI is InChI=1S/C19H18ClN5O/c1-2-11-21-19-24-18(12-22-25-19)23-16-7-9-17(10-8-16)26-13-14-3-5-15(20)6-4-14/h2-10,12H,1,11,13H2,(H2,21,23,24,25). The van der Waals surface area contributed by atoms with Crippen LogP contribution in [0.4, 0.5) is 17.5 Å². The summed E-state index contributed by atoms with van der Waals surface area (Å²) in [6, 6.07) is 15.2. The second-order valence-corrected chi connectivity index (χ2v) is 5.84. The summed E-state index contributed by atoms with van der Waals surface area (Å²) < 4.78 is 5.77. The summed E-state index contributed by atoms with van der Waals surface area (Å²) in [5, 5.41) is 14.7. The molecule has 2 N–H and O–H groups in total. The Morgan fingerprint density at radius 1 is 1.08 bits per heavy atom. The summed E-state index contributed by atoms with van der Waals surface area (Å²) in [5.74, 6) is 1.82. The summed E-state index contributed by atoms with van der Waals surface area (Å²) in [7, 11) is 0. The van der Waals surface area contributed by atoms with Crippen LogP contribution in [0, 0.1) is 0 Å². The van der Waals surface area contributed by atoms with Crippen LogP contribution in [-0.2, 0) is 6.61 Å². The van der Waals surface area contributed by atoms with Crippen molar-refractivity contribution in [3.63, 3.8) is 0 Å². The summed E-state index contributed by atoms with van der Waals surface area (Å²) in [6.07, 6.45) is 3.29. The maximum absolute atomic E-state index is 5.88. The van der Waals surface area contributed by atoms with E-state index in [1.165, 1.54) is 0 Å². The number of nitrogens with zero attached hydrogens (tertiary/aromatic N) is 3. The lowest BCUT2D eigenvalue weighted by Gasteiger charge is -2.09. The molecule has 132 valence electrons. The second-order valence-electron chi connectivity index (χ2n) is 5.40. The van der Waals surface area contributed by atoms with Crippen LogP contribution in [0.25, 0.3) is 0 Å². The van der Waals surface area contributed by atoms with Crippen LogP contribution in [0.3, 0.4) is 0 Å². The Hall–Kier alpha value is -3.12. The van der Waals surface area contributed by atoms with Gasteiger partial charge in [0.2, 0.25) is 5.95 Å². The van der Waals surface area contributed by atoms with Crippen LogP contribution in [0.1, 0.15) is 5.56 Å². The van der Waals surface area contributed by atoms with E-state index in [1.54, 1.807) is 12.3 Å². The average Bonchev–Trinajstić information content (AvgIpc) is 2.67. The molecule has 0 atom stereocenters. The van der Waals surface area contributed by atoms with E-state index in [0.717, 1.165) is 17.0 Å². The summed E-state index contributed by atoms with van der Waals surface area (Å²) in [5.41, 5.74) is 1.93. The predicted octanol–water partition coefficient (Wildman–Crippen LogP) is 4.45. The molecule has 3 rings (SSSR count). The van der Waals surface area contributed by atoms with E-state index in [9.17, 15) is 0 Å². The fourth-order valence-corrected chi connectivity index (χ4v) is 2.26. The number of hydrogen-bond acceptors (Lipinski definition) is 6. The van der Waals surface area contributed by atoms with Crippen LogP contribution >= 0.6 is 11.6 Å². The van der Waals surface area contributed by atoms with E-state index in [-0.39, 0.29) is 0 Å². The number of rotatable bonds is 8. The lowest BCUT2D eigenvalue weighted by atomic mass is 10.2. The van der Waals surface area contributed by atoms with Gasteiger partial charge in [-0.25, -0.2) is 0 Å². The molecule has 7 heteroatoms. The van der Waals surface area contributed by atoms with Gasteiger partial charge < -0.3 is 15.4 Å². The molecule has 0 bridgehead atoms. The SMILES string of the molecule is C=CCNc1nncc(Nc2ccc(OCc3ccc(Cl)cc3)cc2)n1. The largest absolute Gasteiger partial charge is 0.489 e. The molecule has 1 aromatic heterocycles. The quantitative estimate of drug-likeness (QED) is 0.573. The minimum atomic E-state index is 0.442. The normalized spacial score (nSPS) is 10.2. The first-order valence-electron chi connectivity index (χ1n) is 8.02. The van der Waals surface area contributed by atoms with Crippen molar-refractivity contribution < 1.29 is 4.74 Å². The highest BCUT2D eigenvalue weighted by Crippen LogP contribution is 2.20. The molecular weight excluding hydrogens is 350 g/mol. The molecular formula is C19H18ClN5O. The molecule has 0 spiro atoms. The van der Waals surface area contributed by atoms with Crippen molar-refractivity contribution in [1.29, 1.82) is 0 Å². The van der Waals surface area contributed by atoms with Crippen LogP contribution in [0.2, 0.25) is 5.02 Å². The molecule has 1 heterocycles. The monoisotopic (exact) mass is 367 g/mol. The number of anilines is 3. The van der Waals surface area contributed by atoms with Crippen LogP contribution < -0.4 is 15.4 Å². The topological polar surface area (TPSA) is 72.0 Å². The highest BCUT2D eigenvalue weighted by Gasteiger charge is 2.02. The number of hydrogen-bond donors (Lipinski definition) is 2. The van der Waals surface area contributed by atoms with Crippen molar-refractivity contribution in [3.8, 4) is 5.75 Å². The van der Waals surface area contributed by atoms with E-state index < -0.39 is 0 Å². The third kappa shape index (κ3) is 5.19. The zero-order chi connectivity index (χ0) is 18.2. The number of benzene rings is 2. The van der Waals surface area contributed by atoms with Gasteiger partial charge in [0.1, 0.15) is 12.4 Å². The van der Waals surface area contributed by atoms with Crippen molar-refractivity contribution in [2.45, 2.75) is 6.61 Å². The highest BCUT2D eigenvalue weighted by atomic mass is 35.5. The Labute approximate surface area is 156 Å². The summed E-state index contributed by atoms with van der Waals surface area (Å²) in [6.45, 7) is 4.70. The minimum absolute atomic E-state index is 0.442. The van der Waals surface area contributed by atoms with Crippen molar-refractivity contribution >= 4 is 29.1 Å². The van der Waals surface area contributed by atoms with E-state index in [4.69, 9.17) is 16.3 Å². The molecule has 0 saturated heterocycles. The van der Waals surface area contributed by atoms with Gasteiger partial charge >= 0.3 is 0 Å². The Morgan fingerprint density at radius 2 is 1.85 bits per heavy atom. The molecule has 0 unspecified atom stereocenters. The second kappa shape index (κ2) is 8.82. The molecule has 26 heavy (non-hydrogen) atoms. The molecule has 6 nitrogen and oxygen atoms in total. The first-order valence-corrected chi connectivity index (χ1v) is 8.39. The highest BCUT2D eigenvalue weighted by molar-refractivity contribution is 6.30. The molecule has 0 saturated carbocycles. The Bertz CT molecular complexity index is 853. The maximum atomic E-state index is 5.88. The lowest BCUT2D eigenvalue weighted by Crippen LogP contribution is -2.05. The molecule has 2 aromatic carbocycles. The predicted molar refractivity (Wildman–Crippen MR) is 104 cm³/mol. The fourth-order valence-electron chi connectivity index (χ4n) is 2.13. The van der Waals surface area contributed by atoms with Gasteiger partial charge in [-0.05, 0) is 42.0 Å². The van der Waals surface area contributed by atoms with Crippen LogP contribution in [-0.4, -0.2) is 21.7 Å². The lowest BCUT2D eigenvalue weighted by molar-refractivity contribution is 0.306. The number of aromatic nitrogens is 3. The van der Waals surface area contributed by atoms with Gasteiger partial charge in [0, 0.05) is 17.3 Å². The first-order chi connectivity index (χ1) is 12.7. The third-order valence-electron chi connectivity index (χ3n) is 3.41. The van der Waals surface area contributed by atoms with E-state index >= 15 is 0 Å². The minimum Gasteiger partial charge on any atom is -0.489 e. The molecule has 3 aromatic rings. The summed E-state index contributed by atoms with van der Waals surface area (Å²) in [4.78, 5) is 4.33. The van der Waals surface area contributed by atoms with Gasteiger partial charge in [0.05, 0.1) is 6.20 Å². The molecule has 0 fully saturated rings. The van der Waals surface area contributed by atoms with Gasteiger partial charge in [0.15, 0.2) is 5.82 Å². The van der Waals surface area contributed by atoms with Crippen molar-refractivity contribution in [1.82, 2.24) is 15.2 Å². The van der Waals surface area contributed by atoms with Crippen molar-refractivity contribution in [2.75, 3.05) is 17.2 Å². The fraction of sp³-hybridized carbons (Fsp3) is 0.105. The molecule has 0 aliphatic heterocycles. The van der Waals surface area contributed by atoms with Gasteiger partial charge in [-0.15, -0.1) is 11.7 Å². The molecule has 0 amide bonds. The maximum Gasteiger partial charge on any atom is 0.244 e. The number of ether oxygens (including phenoxy) is 1. The van der Waals surface area contributed by atoms with Crippen LogP contribution in [0.5, 0.6) is 5.75 Å². The third-order valence-corrected chi connectivity index (χ3v) is 3.66. The number of halogens is 1.